The molecule has 0 bridgehead atoms. The van der Waals surface area contributed by atoms with Crippen molar-refractivity contribution < 1.29 is 27.2 Å². The molecular formula is C21H19N5O6S. The predicted molar refractivity (Wildman–Crippen MR) is 116 cm³/mol. The lowest BCUT2D eigenvalue weighted by Gasteiger charge is -2.19. The summed E-state index contributed by atoms with van der Waals surface area (Å²) in [6.07, 6.45) is 0.285. The molecule has 0 atom stereocenters. The topological polar surface area (TPSA) is 143 Å². The first kappa shape index (κ1) is 22.1. The van der Waals surface area contributed by atoms with E-state index in [-0.39, 0.29) is 53.6 Å². The van der Waals surface area contributed by atoms with E-state index >= 15 is 0 Å². The fourth-order valence-electron chi connectivity index (χ4n) is 3.18. The molecule has 1 fully saturated rings. The van der Waals surface area contributed by atoms with Crippen LogP contribution in [0.15, 0.2) is 63.9 Å². The maximum Gasteiger partial charge on any atom is 0.322 e. The number of benzene rings is 2. The smallest absolute Gasteiger partial charge is 0.322 e. The minimum atomic E-state index is -3.81. The Morgan fingerprint density at radius 2 is 1.67 bits per heavy atom. The minimum Gasteiger partial charge on any atom is -0.406 e. The number of anilines is 2. The Morgan fingerprint density at radius 3 is 2.30 bits per heavy atom. The molecule has 0 saturated carbocycles. The number of imide groups is 1. The van der Waals surface area contributed by atoms with Gasteiger partial charge in [-0.1, -0.05) is 23.3 Å². The Morgan fingerprint density at radius 1 is 1.03 bits per heavy atom. The van der Waals surface area contributed by atoms with Crippen molar-refractivity contribution in [2.75, 3.05) is 16.7 Å². The molecule has 0 spiro atoms. The molecule has 1 N–H and O–H groups in total. The van der Waals surface area contributed by atoms with Crippen LogP contribution in [0.1, 0.15) is 29.1 Å². The van der Waals surface area contributed by atoms with Crippen LogP contribution in [0.5, 0.6) is 0 Å². The summed E-state index contributed by atoms with van der Waals surface area (Å²) in [6, 6.07) is 13.8. The van der Waals surface area contributed by atoms with Crippen LogP contribution in [-0.2, 0) is 26.2 Å². The van der Waals surface area contributed by atoms with E-state index in [1.165, 1.54) is 31.3 Å². The zero-order chi connectivity index (χ0) is 23.6. The molecule has 0 aliphatic carbocycles. The molecule has 2 aromatic carbocycles. The number of likely N-dealkylation sites (tertiary alicyclic amines) is 1. The second kappa shape index (κ2) is 8.82. The quantitative estimate of drug-likeness (QED) is 0.516. The molecule has 3 amide bonds. The molecule has 12 heteroatoms. The number of hydrogen-bond acceptors (Lipinski definition) is 8. The largest absolute Gasteiger partial charge is 0.406 e. The summed E-state index contributed by atoms with van der Waals surface area (Å²) < 4.78 is 32.1. The average Bonchev–Trinajstić information content (AvgIpc) is 3.40. The van der Waals surface area contributed by atoms with E-state index in [2.05, 4.69) is 15.5 Å². The maximum atomic E-state index is 12.8. The highest BCUT2D eigenvalue weighted by molar-refractivity contribution is 7.92. The summed E-state index contributed by atoms with van der Waals surface area (Å²) in [7, 11) is -2.36. The van der Waals surface area contributed by atoms with Gasteiger partial charge in [0.25, 0.3) is 15.9 Å². The fourth-order valence-corrected chi connectivity index (χ4v) is 4.38. The highest BCUT2D eigenvalue weighted by Crippen LogP contribution is 2.22. The molecule has 4 rings (SSSR count). The number of sulfonamides is 1. The first-order valence-corrected chi connectivity index (χ1v) is 11.3. The predicted octanol–water partition coefficient (Wildman–Crippen LogP) is 1.80. The highest BCUT2D eigenvalue weighted by atomic mass is 32.2. The summed E-state index contributed by atoms with van der Waals surface area (Å²) in [5.41, 5.74) is 0.671. The third-order valence-electron chi connectivity index (χ3n) is 5.03. The normalized spacial score (nSPS) is 13.9. The molecule has 1 saturated heterocycles. The average molecular weight is 469 g/mol. The van der Waals surface area contributed by atoms with Gasteiger partial charge in [-0.15, -0.1) is 5.10 Å². The van der Waals surface area contributed by atoms with Gasteiger partial charge in [0.15, 0.2) is 0 Å². The van der Waals surface area contributed by atoms with Crippen LogP contribution in [0.2, 0.25) is 0 Å². The van der Waals surface area contributed by atoms with Gasteiger partial charge in [-0.25, -0.2) is 8.42 Å². The molecule has 1 aliphatic heterocycles. The number of nitrogens with zero attached hydrogens (tertiary/aromatic N) is 4. The van der Waals surface area contributed by atoms with Gasteiger partial charge in [-0.3, -0.25) is 28.9 Å². The fraction of sp³-hybridized carbons (Fsp3) is 0.190. The Kier molecular flexibility index (Phi) is 5.92. The Hall–Kier alpha value is -4.06. The van der Waals surface area contributed by atoms with Crippen molar-refractivity contribution in [1.29, 1.82) is 0 Å². The molecule has 0 unspecified atom stereocenters. The number of hydrogen-bond donors (Lipinski definition) is 1. The van der Waals surface area contributed by atoms with Crippen LogP contribution in [0.4, 0.5) is 11.7 Å². The van der Waals surface area contributed by atoms with Gasteiger partial charge in [0.1, 0.15) is 6.54 Å². The van der Waals surface area contributed by atoms with Crippen molar-refractivity contribution in [2.45, 2.75) is 24.3 Å². The van der Waals surface area contributed by atoms with Crippen LogP contribution >= 0.6 is 0 Å². The van der Waals surface area contributed by atoms with Gasteiger partial charge >= 0.3 is 6.01 Å². The van der Waals surface area contributed by atoms with Crippen LogP contribution in [0.25, 0.3) is 0 Å². The van der Waals surface area contributed by atoms with Crippen LogP contribution in [-0.4, -0.2) is 48.3 Å². The highest BCUT2D eigenvalue weighted by Gasteiger charge is 2.30. The number of aromatic nitrogens is 2. The Labute approximate surface area is 189 Å². The summed E-state index contributed by atoms with van der Waals surface area (Å²) in [5, 5.41) is 9.82. The van der Waals surface area contributed by atoms with E-state index in [9.17, 15) is 22.8 Å². The van der Waals surface area contributed by atoms with Crippen molar-refractivity contribution in [1.82, 2.24) is 15.1 Å². The van der Waals surface area contributed by atoms with Crippen LogP contribution < -0.4 is 9.62 Å². The van der Waals surface area contributed by atoms with Gasteiger partial charge in [-0.2, -0.15) is 0 Å². The number of rotatable bonds is 7. The zero-order valence-electron chi connectivity index (χ0n) is 17.5. The van der Waals surface area contributed by atoms with Crippen LogP contribution in [0, 0.1) is 0 Å². The second-order valence-corrected chi connectivity index (χ2v) is 9.13. The maximum absolute atomic E-state index is 12.8. The summed E-state index contributed by atoms with van der Waals surface area (Å²) >= 11 is 0. The van der Waals surface area contributed by atoms with E-state index in [0.717, 1.165) is 9.21 Å². The molecule has 170 valence electrons. The Balaban J connectivity index is 1.42. The third kappa shape index (κ3) is 4.60. The van der Waals surface area contributed by atoms with Crippen molar-refractivity contribution >= 4 is 39.4 Å². The van der Waals surface area contributed by atoms with Gasteiger partial charge in [0.2, 0.25) is 17.7 Å². The van der Waals surface area contributed by atoms with E-state index < -0.39 is 15.9 Å². The molecule has 33 heavy (non-hydrogen) atoms. The monoisotopic (exact) mass is 469 g/mol. The van der Waals surface area contributed by atoms with Crippen LogP contribution in [0.3, 0.4) is 0 Å². The van der Waals surface area contributed by atoms with E-state index in [0.29, 0.717) is 5.69 Å². The third-order valence-corrected chi connectivity index (χ3v) is 6.83. The SMILES string of the molecule is CN(c1ccccc1)S(=O)(=O)c1ccc(C(=O)Nc2nnc(CN3C(=O)CCC3=O)o2)cc1. The van der Waals surface area contributed by atoms with Crippen molar-refractivity contribution in [3.8, 4) is 0 Å². The van der Waals surface area contributed by atoms with Gasteiger partial charge < -0.3 is 4.42 Å². The lowest BCUT2D eigenvalue weighted by atomic mass is 10.2. The molecule has 3 aromatic rings. The van der Waals surface area contributed by atoms with Crippen molar-refractivity contribution in [3.63, 3.8) is 0 Å². The van der Waals surface area contributed by atoms with E-state index in [1.54, 1.807) is 30.3 Å². The van der Waals surface area contributed by atoms with E-state index in [4.69, 9.17) is 4.42 Å². The number of nitrogens with one attached hydrogen (secondary N) is 1. The van der Waals surface area contributed by atoms with Gasteiger partial charge in [-0.05, 0) is 36.4 Å². The lowest BCUT2D eigenvalue weighted by Crippen LogP contribution is -2.28. The molecule has 11 nitrogen and oxygen atoms in total. The second-order valence-electron chi connectivity index (χ2n) is 7.16. The standard InChI is InChI=1S/C21H19N5O6S/c1-25(15-5-3-2-4-6-15)33(30,31)16-9-7-14(8-10-16)20(29)22-21-24-23-17(32-21)13-26-18(27)11-12-19(26)28/h2-10H,11-13H2,1H3,(H,22,24,29). The lowest BCUT2D eigenvalue weighted by molar-refractivity contribution is -0.139. The van der Waals surface area contributed by atoms with E-state index in [1.807, 2.05) is 0 Å². The molecule has 2 heterocycles. The number of para-hydroxylation sites is 1. The number of amides is 3. The Bertz CT molecular complexity index is 1290. The minimum absolute atomic E-state index is 0.000657. The summed E-state index contributed by atoms with van der Waals surface area (Å²) in [6.45, 7) is -0.165. The van der Waals surface area contributed by atoms with Crippen molar-refractivity contribution in [2.24, 2.45) is 0 Å². The first-order valence-electron chi connectivity index (χ1n) is 9.86. The molecule has 1 aliphatic rings. The molecule has 0 radical (unpaired) electrons. The van der Waals surface area contributed by atoms with Crippen molar-refractivity contribution in [3.05, 3.63) is 66.1 Å². The van der Waals surface area contributed by atoms with Gasteiger partial charge in [0, 0.05) is 25.5 Å². The molecular weight excluding hydrogens is 450 g/mol. The number of carbonyl (C=O) groups excluding carboxylic acids is 3. The number of carbonyl (C=O) groups is 3. The molecule has 1 aromatic heterocycles. The first-order chi connectivity index (χ1) is 15.8. The zero-order valence-corrected chi connectivity index (χ0v) is 18.3. The summed E-state index contributed by atoms with van der Waals surface area (Å²) in [5.74, 6) is -1.24. The summed E-state index contributed by atoms with van der Waals surface area (Å²) in [4.78, 5) is 36.9. The van der Waals surface area contributed by atoms with Gasteiger partial charge in [0.05, 0.1) is 10.6 Å².